The quantitative estimate of drug-likeness (QED) is 0.912. The van der Waals surface area contributed by atoms with Gasteiger partial charge in [-0.05, 0) is 38.2 Å². The lowest BCUT2D eigenvalue weighted by Gasteiger charge is -2.40. The lowest BCUT2D eigenvalue weighted by Crippen LogP contribution is -2.45. The van der Waals surface area contributed by atoms with Crippen LogP contribution in [0.3, 0.4) is 0 Å². The van der Waals surface area contributed by atoms with Gasteiger partial charge < -0.3 is 9.52 Å². The Hall–Kier alpha value is -1.29. The second kappa shape index (κ2) is 5.37. The molecule has 1 saturated heterocycles. The van der Waals surface area contributed by atoms with E-state index in [0.29, 0.717) is 30.0 Å². The Morgan fingerprint density at radius 1 is 1.47 bits per heavy atom. The van der Waals surface area contributed by atoms with Gasteiger partial charge in [-0.3, -0.25) is 4.90 Å². The van der Waals surface area contributed by atoms with Gasteiger partial charge in [-0.25, -0.2) is 4.79 Å². The average molecular weight is 265 g/mol. The topological polar surface area (TPSA) is 53.7 Å². The van der Waals surface area contributed by atoms with E-state index in [1.54, 1.807) is 6.92 Å². The van der Waals surface area contributed by atoms with Crippen molar-refractivity contribution in [3.05, 3.63) is 23.2 Å². The first-order chi connectivity index (χ1) is 8.88. The molecule has 106 valence electrons. The molecule has 4 heteroatoms. The van der Waals surface area contributed by atoms with E-state index in [1.807, 2.05) is 6.07 Å². The zero-order chi connectivity index (χ0) is 14.2. The van der Waals surface area contributed by atoms with E-state index < -0.39 is 5.97 Å². The van der Waals surface area contributed by atoms with Crippen molar-refractivity contribution < 1.29 is 14.3 Å². The molecule has 2 rings (SSSR count). The van der Waals surface area contributed by atoms with Crippen molar-refractivity contribution in [1.82, 2.24) is 4.90 Å². The molecular weight excluding hydrogens is 242 g/mol. The Labute approximate surface area is 114 Å². The number of nitrogens with zero attached hydrogens (tertiary/aromatic N) is 1. The van der Waals surface area contributed by atoms with Crippen LogP contribution in [0.2, 0.25) is 0 Å². The van der Waals surface area contributed by atoms with Crippen LogP contribution < -0.4 is 0 Å². The number of carboxylic acids is 1. The molecule has 0 saturated carbocycles. The second-order valence-corrected chi connectivity index (χ2v) is 6.02. The van der Waals surface area contributed by atoms with Gasteiger partial charge in [0.15, 0.2) is 0 Å². The highest BCUT2D eigenvalue weighted by Crippen LogP contribution is 2.28. The molecule has 0 aliphatic carbocycles. The lowest BCUT2D eigenvalue weighted by molar-refractivity contribution is 0.0608. The SMILES string of the molecule is Cc1cc(CN2CC(C)CC(C)C2C)oc1C(=O)O. The lowest BCUT2D eigenvalue weighted by atomic mass is 9.86. The maximum Gasteiger partial charge on any atom is 0.372 e. The minimum absolute atomic E-state index is 0.0701. The molecule has 1 aromatic rings. The third-order valence-electron chi connectivity index (χ3n) is 4.24. The van der Waals surface area contributed by atoms with Crippen LogP contribution in [0, 0.1) is 18.8 Å². The van der Waals surface area contributed by atoms with Crippen LogP contribution in [0.15, 0.2) is 10.5 Å². The zero-order valence-electron chi connectivity index (χ0n) is 12.1. The van der Waals surface area contributed by atoms with Gasteiger partial charge in [0, 0.05) is 18.2 Å². The second-order valence-electron chi connectivity index (χ2n) is 6.02. The van der Waals surface area contributed by atoms with Gasteiger partial charge in [-0.1, -0.05) is 13.8 Å². The van der Waals surface area contributed by atoms with Gasteiger partial charge in [0.2, 0.25) is 5.76 Å². The fraction of sp³-hybridized carbons (Fsp3) is 0.667. The first-order valence-electron chi connectivity index (χ1n) is 6.95. The summed E-state index contributed by atoms with van der Waals surface area (Å²) in [4.78, 5) is 13.4. The van der Waals surface area contributed by atoms with Crippen molar-refractivity contribution in [2.45, 2.75) is 46.7 Å². The number of hydrogen-bond donors (Lipinski definition) is 1. The molecule has 0 bridgehead atoms. The van der Waals surface area contributed by atoms with Crippen LogP contribution in [0.5, 0.6) is 0 Å². The van der Waals surface area contributed by atoms with Crippen molar-refractivity contribution in [3.8, 4) is 0 Å². The van der Waals surface area contributed by atoms with E-state index in [4.69, 9.17) is 9.52 Å². The van der Waals surface area contributed by atoms with Gasteiger partial charge in [0.25, 0.3) is 0 Å². The van der Waals surface area contributed by atoms with Crippen molar-refractivity contribution in [2.75, 3.05) is 6.54 Å². The number of carboxylic acid groups (broad SMARTS) is 1. The highest BCUT2D eigenvalue weighted by Gasteiger charge is 2.29. The molecule has 1 N–H and O–H groups in total. The molecule has 4 nitrogen and oxygen atoms in total. The van der Waals surface area contributed by atoms with Crippen molar-refractivity contribution in [2.24, 2.45) is 11.8 Å². The zero-order valence-corrected chi connectivity index (χ0v) is 12.1. The van der Waals surface area contributed by atoms with Gasteiger partial charge in [0.05, 0.1) is 6.54 Å². The molecule has 0 amide bonds. The molecule has 1 aromatic heterocycles. The summed E-state index contributed by atoms with van der Waals surface area (Å²) >= 11 is 0. The van der Waals surface area contributed by atoms with E-state index in [2.05, 4.69) is 25.7 Å². The molecule has 0 radical (unpaired) electrons. The number of furan rings is 1. The third kappa shape index (κ3) is 3.00. The minimum Gasteiger partial charge on any atom is -0.475 e. The predicted octanol–water partition coefficient (Wildman–Crippen LogP) is 3.15. The predicted molar refractivity (Wildman–Crippen MR) is 73.2 cm³/mol. The summed E-state index contributed by atoms with van der Waals surface area (Å²) in [5.74, 6) is 1.18. The Balaban J connectivity index is 2.12. The Kier molecular flexibility index (Phi) is 3.99. The van der Waals surface area contributed by atoms with Crippen LogP contribution in [0.4, 0.5) is 0 Å². The standard InChI is InChI=1S/C15H23NO3/c1-9-5-10(2)12(4)16(7-9)8-13-6-11(3)14(19-13)15(17)18/h6,9-10,12H,5,7-8H2,1-4H3,(H,17,18). The molecular formula is C15H23NO3. The molecule has 19 heavy (non-hydrogen) atoms. The molecule has 2 heterocycles. The maximum atomic E-state index is 11.0. The third-order valence-corrected chi connectivity index (χ3v) is 4.24. The van der Waals surface area contributed by atoms with Crippen LogP contribution in [-0.2, 0) is 6.54 Å². The molecule has 1 fully saturated rings. The number of rotatable bonds is 3. The smallest absolute Gasteiger partial charge is 0.372 e. The Bertz CT molecular complexity index is 466. The molecule has 1 aliphatic rings. The van der Waals surface area contributed by atoms with Crippen LogP contribution in [0.1, 0.15) is 49.1 Å². The summed E-state index contributed by atoms with van der Waals surface area (Å²) < 4.78 is 5.46. The normalized spacial score (nSPS) is 28.5. The maximum absolute atomic E-state index is 11.0. The summed E-state index contributed by atoms with van der Waals surface area (Å²) in [5, 5.41) is 9.01. The van der Waals surface area contributed by atoms with Crippen molar-refractivity contribution >= 4 is 5.97 Å². The fourth-order valence-corrected chi connectivity index (χ4v) is 3.08. The van der Waals surface area contributed by atoms with Gasteiger partial charge >= 0.3 is 5.97 Å². The Morgan fingerprint density at radius 3 is 2.74 bits per heavy atom. The van der Waals surface area contributed by atoms with Gasteiger partial charge in [0.1, 0.15) is 5.76 Å². The first kappa shape index (κ1) is 14.1. The number of hydrogen-bond acceptors (Lipinski definition) is 3. The van der Waals surface area contributed by atoms with E-state index >= 15 is 0 Å². The summed E-state index contributed by atoms with van der Waals surface area (Å²) in [7, 11) is 0. The van der Waals surface area contributed by atoms with Crippen molar-refractivity contribution in [1.29, 1.82) is 0 Å². The molecule has 1 aliphatic heterocycles. The van der Waals surface area contributed by atoms with Crippen LogP contribution in [-0.4, -0.2) is 28.6 Å². The molecule has 3 atom stereocenters. The fourth-order valence-electron chi connectivity index (χ4n) is 3.08. The summed E-state index contributed by atoms with van der Waals surface area (Å²) in [6.45, 7) is 10.3. The van der Waals surface area contributed by atoms with E-state index in [1.165, 1.54) is 6.42 Å². The average Bonchev–Trinajstić information content (AvgIpc) is 2.66. The minimum atomic E-state index is -0.989. The molecule has 0 aromatic carbocycles. The Morgan fingerprint density at radius 2 is 2.16 bits per heavy atom. The van der Waals surface area contributed by atoms with Crippen LogP contribution >= 0.6 is 0 Å². The van der Waals surface area contributed by atoms with E-state index in [0.717, 1.165) is 12.3 Å². The largest absolute Gasteiger partial charge is 0.475 e. The summed E-state index contributed by atoms with van der Waals surface area (Å²) in [6.07, 6.45) is 1.26. The summed E-state index contributed by atoms with van der Waals surface area (Å²) in [5.41, 5.74) is 0.702. The molecule has 0 spiro atoms. The highest BCUT2D eigenvalue weighted by atomic mass is 16.4. The van der Waals surface area contributed by atoms with E-state index in [-0.39, 0.29) is 5.76 Å². The first-order valence-corrected chi connectivity index (χ1v) is 6.95. The highest BCUT2D eigenvalue weighted by molar-refractivity contribution is 5.86. The number of likely N-dealkylation sites (tertiary alicyclic amines) is 1. The number of aryl methyl sites for hydroxylation is 1. The number of aromatic carboxylic acids is 1. The number of piperidine rings is 1. The van der Waals surface area contributed by atoms with Crippen molar-refractivity contribution in [3.63, 3.8) is 0 Å². The van der Waals surface area contributed by atoms with Crippen LogP contribution in [0.25, 0.3) is 0 Å². The van der Waals surface area contributed by atoms with Gasteiger partial charge in [-0.15, -0.1) is 0 Å². The molecule has 3 unspecified atom stereocenters. The monoisotopic (exact) mass is 265 g/mol. The van der Waals surface area contributed by atoms with E-state index in [9.17, 15) is 4.79 Å². The van der Waals surface area contributed by atoms with Gasteiger partial charge in [-0.2, -0.15) is 0 Å². The number of carbonyl (C=O) groups is 1. The summed E-state index contributed by atoms with van der Waals surface area (Å²) in [6, 6.07) is 2.36.